The Balaban J connectivity index is 2.28. The quantitative estimate of drug-likeness (QED) is 0.534. The van der Waals surface area contributed by atoms with Gasteiger partial charge in [0, 0.05) is 6.07 Å². The highest BCUT2D eigenvalue weighted by Gasteiger charge is 2.21. The van der Waals surface area contributed by atoms with Gasteiger partial charge in [0.15, 0.2) is 11.5 Å². The second-order valence-corrected chi connectivity index (χ2v) is 5.82. The molecule has 0 saturated heterocycles. The first-order valence-corrected chi connectivity index (χ1v) is 7.14. The molecular weight excluding hydrogens is 270 g/mol. The van der Waals surface area contributed by atoms with Gasteiger partial charge in [-0.2, -0.15) is 0 Å². The Morgan fingerprint density at radius 1 is 1.37 bits per heavy atom. The topological polar surface area (TPSA) is 115 Å². The molecule has 1 aromatic rings. The fourth-order valence-electron chi connectivity index (χ4n) is 1.56. The number of nitrogens with one attached hydrogen (secondary N) is 2. The Bertz CT molecular complexity index is 600. The minimum absolute atomic E-state index is 0.0462. The average Bonchev–Trinajstić information content (AvgIpc) is 2.37. The highest BCUT2D eigenvalue weighted by atomic mass is 32.2. The van der Waals surface area contributed by atoms with Gasteiger partial charge in [-0.1, -0.05) is 0 Å². The van der Waals surface area contributed by atoms with E-state index in [1.165, 1.54) is 19.1 Å². The van der Waals surface area contributed by atoms with E-state index in [0.29, 0.717) is 24.7 Å². The summed E-state index contributed by atoms with van der Waals surface area (Å²) in [7, 11) is -3.74. The maximum atomic E-state index is 12.1. The molecule has 0 spiro atoms. The lowest BCUT2D eigenvalue weighted by atomic mass is 10.3. The Morgan fingerprint density at radius 3 is 2.63 bits per heavy atom. The summed E-state index contributed by atoms with van der Waals surface area (Å²) in [6.45, 7) is 2.32. The molecule has 1 heterocycles. The van der Waals surface area contributed by atoms with Crippen molar-refractivity contribution in [3.05, 3.63) is 18.2 Å². The van der Waals surface area contributed by atoms with Crippen LogP contribution >= 0.6 is 0 Å². The number of sulfonamides is 1. The van der Waals surface area contributed by atoms with E-state index < -0.39 is 16.1 Å². The molecule has 0 aliphatic carbocycles. The van der Waals surface area contributed by atoms with Crippen LogP contribution < -0.4 is 19.9 Å². The van der Waals surface area contributed by atoms with Gasteiger partial charge in [0.2, 0.25) is 10.0 Å². The number of nitrogens with two attached hydrogens (primary N) is 1. The van der Waals surface area contributed by atoms with Gasteiger partial charge in [-0.3, -0.25) is 5.41 Å². The third-order valence-electron chi connectivity index (χ3n) is 2.62. The molecule has 0 radical (unpaired) electrons. The van der Waals surface area contributed by atoms with E-state index in [-0.39, 0.29) is 10.7 Å². The fourth-order valence-corrected chi connectivity index (χ4v) is 2.79. The highest BCUT2D eigenvalue weighted by Crippen LogP contribution is 2.32. The maximum Gasteiger partial charge on any atom is 0.241 e. The second-order valence-electron chi connectivity index (χ2n) is 4.10. The van der Waals surface area contributed by atoms with Crippen LogP contribution in [0.4, 0.5) is 0 Å². The Morgan fingerprint density at radius 2 is 2.00 bits per heavy atom. The SMILES string of the molecule is CC(NS(=O)(=O)c1ccc2c(c1)OCCO2)C(=N)N. The summed E-state index contributed by atoms with van der Waals surface area (Å²) in [5.74, 6) is 0.663. The Labute approximate surface area is 111 Å². The van der Waals surface area contributed by atoms with E-state index in [9.17, 15) is 8.42 Å². The maximum absolute atomic E-state index is 12.1. The van der Waals surface area contributed by atoms with Crippen LogP contribution in [0, 0.1) is 5.41 Å². The lowest BCUT2D eigenvalue weighted by molar-refractivity contribution is 0.171. The first kappa shape index (κ1) is 13.6. The number of ether oxygens (including phenoxy) is 2. The lowest BCUT2D eigenvalue weighted by Crippen LogP contribution is -2.41. The molecule has 1 aliphatic heterocycles. The molecule has 1 unspecified atom stereocenters. The van der Waals surface area contributed by atoms with E-state index in [2.05, 4.69) is 4.72 Å². The summed E-state index contributed by atoms with van der Waals surface area (Å²) in [5, 5.41) is 7.20. The summed E-state index contributed by atoms with van der Waals surface area (Å²) >= 11 is 0. The average molecular weight is 285 g/mol. The Kier molecular flexibility index (Phi) is 3.63. The number of fused-ring (bicyclic) bond motifs is 1. The third-order valence-corrected chi connectivity index (χ3v) is 4.16. The first-order valence-electron chi connectivity index (χ1n) is 5.66. The van der Waals surface area contributed by atoms with E-state index in [1.54, 1.807) is 6.07 Å². The normalized spacial score (nSPS) is 15.8. The number of hydrogen-bond acceptors (Lipinski definition) is 5. The summed E-state index contributed by atoms with van der Waals surface area (Å²) in [4.78, 5) is 0.0462. The molecule has 1 atom stereocenters. The van der Waals surface area contributed by atoms with Crippen molar-refractivity contribution in [3.63, 3.8) is 0 Å². The molecule has 0 amide bonds. The predicted molar refractivity (Wildman–Crippen MR) is 69.1 cm³/mol. The van der Waals surface area contributed by atoms with Gasteiger partial charge in [0.1, 0.15) is 19.0 Å². The summed E-state index contributed by atoms with van der Waals surface area (Å²) < 4.78 is 37.1. The van der Waals surface area contributed by atoms with Crippen molar-refractivity contribution in [3.8, 4) is 11.5 Å². The van der Waals surface area contributed by atoms with E-state index in [1.807, 2.05) is 0 Å². The number of amidine groups is 1. The molecule has 0 bridgehead atoms. The predicted octanol–water partition coefficient (Wildman–Crippen LogP) is 0.0606. The van der Waals surface area contributed by atoms with Gasteiger partial charge < -0.3 is 15.2 Å². The van der Waals surface area contributed by atoms with Crippen molar-refractivity contribution in [2.75, 3.05) is 13.2 Å². The van der Waals surface area contributed by atoms with E-state index >= 15 is 0 Å². The molecule has 0 aromatic heterocycles. The van der Waals surface area contributed by atoms with Crippen molar-refractivity contribution in [2.24, 2.45) is 5.73 Å². The minimum atomic E-state index is -3.74. The fraction of sp³-hybridized carbons (Fsp3) is 0.364. The summed E-state index contributed by atoms with van der Waals surface area (Å²) in [5.41, 5.74) is 5.24. The lowest BCUT2D eigenvalue weighted by Gasteiger charge is -2.19. The van der Waals surface area contributed by atoms with Gasteiger partial charge in [0.25, 0.3) is 0 Å². The van der Waals surface area contributed by atoms with Crippen LogP contribution in [0.25, 0.3) is 0 Å². The zero-order valence-electron chi connectivity index (χ0n) is 10.3. The summed E-state index contributed by atoms with van der Waals surface area (Å²) in [6.07, 6.45) is 0. The number of rotatable bonds is 4. The molecule has 1 aliphatic rings. The van der Waals surface area contributed by atoms with Crippen LogP contribution in [-0.4, -0.2) is 33.5 Å². The molecule has 0 fully saturated rings. The molecule has 19 heavy (non-hydrogen) atoms. The van der Waals surface area contributed by atoms with E-state index in [4.69, 9.17) is 20.6 Å². The van der Waals surface area contributed by atoms with Crippen LogP contribution in [0.1, 0.15) is 6.92 Å². The molecule has 4 N–H and O–H groups in total. The van der Waals surface area contributed by atoms with Crippen LogP contribution in [0.3, 0.4) is 0 Å². The van der Waals surface area contributed by atoms with Crippen LogP contribution in [0.5, 0.6) is 11.5 Å². The van der Waals surface area contributed by atoms with Gasteiger partial charge in [-0.25, -0.2) is 13.1 Å². The molecule has 2 rings (SSSR count). The molecule has 104 valence electrons. The monoisotopic (exact) mass is 285 g/mol. The minimum Gasteiger partial charge on any atom is -0.486 e. The third kappa shape index (κ3) is 2.96. The zero-order valence-corrected chi connectivity index (χ0v) is 11.2. The van der Waals surface area contributed by atoms with Crippen molar-refractivity contribution >= 4 is 15.9 Å². The second kappa shape index (κ2) is 5.06. The molecular formula is C11H15N3O4S. The standard InChI is InChI=1S/C11H15N3O4S/c1-7(11(12)13)14-19(15,16)8-2-3-9-10(6-8)18-5-4-17-9/h2-3,6-7,14H,4-5H2,1H3,(H3,12,13). The number of benzene rings is 1. The van der Waals surface area contributed by atoms with Gasteiger partial charge in [-0.05, 0) is 19.1 Å². The van der Waals surface area contributed by atoms with Crippen molar-refractivity contribution in [1.29, 1.82) is 5.41 Å². The van der Waals surface area contributed by atoms with Crippen LogP contribution in [0.2, 0.25) is 0 Å². The molecule has 1 aromatic carbocycles. The molecule has 0 saturated carbocycles. The molecule has 7 nitrogen and oxygen atoms in total. The van der Waals surface area contributed by atoms with Crippen molar-refractivity contribution < 1.29 is 17.9 Å². The van der Waals surface area contributed by atoms with Gasteiger partial charge >= 0.3 is 0 Å². The largest absolute Gasteiger partial charge is 0.486 e. The zero-order chi connectivity index (χ0) is 14.0. The molecule has 8 heteroatoms. The smallest absolute Gasteiger partial charge is 0.241 e. The van der Waals surface area contributed by atoms with Gasteiger partial charge in [-0.15, -0.1) is 0 Å². The van der Waals surface area contributed by atoms with Crippen molar-refractivity contribution in [2.45, 2.75) is 17.9 Å². The van der Waals surface area contributed by atoms with Crippen molar-refractivity contribution in [1.82, 2.24) is 4.72 Å². The van der Waals surface area contributed by atoms with Crippen LogP contribution in [-0.2, 0) is 10.0 Å². The van der Waals surface area contributed by atoms with Gasteiger partial charge in [0.05, 0.1) is 10.9 Å². The van der Waals surface area contributed by atoms with Crippen LogP contribution in [0.15, 0.2) is 23.1 Å². The van der Waals surface area contributed by atoms with E-state index in [0.717, 1.165) is 0 Å². The summed E-state index contributed by atoms with van der Waals surface area (Å²) in [6, 6.07) is 3.59. The highest BCUT2D eigenvalue weighted by molar-refractivity contribution is 7.89. The number of hydrogen-bond donors (Lipinski definition) is 3. The Hall–Kier alpha value is -1.80. The first-order chi connectivity index (χ1) is 8.90.